The monoisotopic (exact) mass is 408 g/mol. The van der Waals surface area contributed by atoms with Gasteiger partial charge in [-0.2, -0.15) is 5.26 Å². The summed E-state index contributed by atoms with van der Waals surface area (Å²) in [6.07, 6.45) is -0.532. The van der Waals surface area contributed by atoms with Gasteiger partial charge in [-0.05, 0) is 6.07 Å². The van der Waals surface area contributed by atoms with Gasteiger partial charge in [0.25, 0.3) is 0 Å². The van der Waals surface area contributed by atoms with Gasteiger partial charge < -0.3 is 15.5 Å². The molecule has 1 atom stereocenters. The zero-order valence-electron chi connectivity index (χ0n) is 14.7. The third kappa shape index (κ3) is 3.15. The molecule has 0 aliphatic carbocycles. The fourth-order valence-electron chi connectivity index (χ4n) is 3.10. The molecule has 2 heterocycles. The molecule has 0 spiro atoms. The molecule has 140 valence electrons. The van der Waals surface area contributed by atoms with Gasteiger partial charge >= 0.3 is 6.09 Å². The first-order valence-electron chi connectivity index (χ1n) is 7.90. The molecule has 9 heteroatoms. The number of aromatic amines is 1. The van der Waals surface area contributed by atoms with Crippen LogP contribution in [-0.2, 0) is 4.74 Å². The number of pyridine rings is 1. The fraction of sp³-hybridized carbons (Fsp3) is 0.278. The highest BCUT2D eigenvalue weighted by atomic mass is 35.5. The highest BCUT2D eigenvalue weighted by Crippen LogP contribution is 2.44. The summed E-state index contributed by atoms with van der Waals surface area (Å²) in [7, 11) is 0. The number of carbonyl (C=O) groups excluding carboxylic acids is 1. The summed E-state index contributed by atoms with van der Waals surface area (Å²) < 4.78 is 20.1. The zero-order valence-corrected chi connectivity index (χ0v) is 16.2. The predicted molar refractivity (Wildman–Crippen MR) is 101 cm³/mol. The van der Waals surface area contributed by atoms with Gasteiger partial charge in [-0.25, -0.2) is 14.2 Å². The number of nitrogens with zero attached hydrogens (tertiary/aromatic N) is 2. The molecule has 3 N–H and O–H groups in total. The minimum atomic E-state index is -0.997. The van der Waals surface area contributed by atoms with Gasteiger partial charge in [0.2, 0.25) is 0 Å². The van der Waals surface area contributed by atoms with Crippen LogP contribution in [0.2, 0.25) is 10.0 Å². The van der Waals surface area contributed by atoms with Crippen LogP contribution in [0.25, 0.3) is 21.9 Å². The van der Waals surface area contributed by atoms with Crippen LogP contribution in [0.1, 0.15) is 38.0 Å². The number of aromatic nitrogens is 2. The summed E-state index contributed by atoms with van der Waals surface area (Å²) in [6.45, 7) is 5.44. The summed E-state index contributed by atoms with van der Waals surface area (Å²) in [5, 5.41) is 10.3. The van der Waals surface area contributed by atoms with Gasteiger partial charge in [0.05, 0.1) is 21.1 Å². The van der Waals surface area contributed by atoms with Crippen molar-refractivity contribution >= 4 is 51.2 Å². The topological polar surface area (TPSA) is 105 Å². The number of benzene rings is 1. The summed E-state index contributed by atoms with van der Waals surface area (Å²) in [5.41, 5.74) is 5.41. The molecule has 3 rings (SSSR count). The van der Waals surface area contributed by atoms with Crippen molar-refractivity contribution in [2.45, 2.75) is 26.9 Å². The molecule has 1 aromatic carbocycles. The largest absolute Gasteiger partial charge is 0.441 e. The Labute approximate surface area is 164 Å². The SMILES string of the molecule is CC(C)(C)C(OC(N)=O)c1cc(F)c(C#N)c2c1[nH]c1ncc(Cl)c(Cl)c12. The maximum atomic E-state index is 14.8. The van der Waals surface area contributed by atoms with E-state index in [9.17, 15) is 14.4 Å². The van der Waals surface area contributed by atoms with Crippen molar-refractivity contribution in [3.63, 3.8) is 0 Å². The van der Waals surface area contributed by atoms with Crippen LogP contribution in [0.5, 0.6) is 0 Å². The van der Waals surface area contributed by atoms with Gasteiger partial charge in [-0.3, -0.25) is 0 Å². The molecule has 0 aliphatic heterocycles. The molecule has 2 aromatic heterocycles. The van der Waals surface area contributed by atoms with Crippen LogP contribution < -0.4 is 5.73 Å². The molecule has 1 unspecified atom stereocenters. The predicted octanol–water partition coefficient (Wildman–Crippen LogP) is 5.22. The van der Waals surface area contributed by atoms with Crippen molar-refractivity contribution in [2.75, 3.05) is 0 Å². The van der Waals surface area contributed by atoms with Gasteiger partial charge in [-0.15, -0.1) is 0 Å². The molecule has 0 saturated heterocycles. The Morgan fingerprint density at radius 2 is 2.07 bits per heavy atom. The number of nitriles is 1. The van der Waals surface area contributed by atoms with Crippen molar-refractivity contribution in [2.24, 2.45) is 11.1 Å². The minimum Gasteiger partial charge on any atom is -0.441 e. The second-order valence-electron chi connectivity index (χ2n) is 7.14. The third-order valence-electron chi connectivity index (χ3n) is 4.19. The van der Waals surface area contributed by atoms with Crippen LogP contribution in [0.3, 0.4) is 0 Å². The molecule has 0 saturated carbocycles. The number of nitrogens with one attached hydrogen (secondary N) is 1. The van der Waals surface area contributed by atoms with E-state index in [4.69, 9.17) is 33.7 Å². The number of primary amides is 1. The maximum absolute atomic E-state index is 14.8. The molecule has 3 aromatic rings. The van der Waals surface area contributed by atoms with E-state index in [1.807, 2.05) is 26.8 Å². The molecule has 0 fully saturated rings. The number of halogens is 3. The standard InChI is InChI=1S/C18H15Cl2FN4O2/c1-18(2,3)15(27-17(23)26)7-4-10(21)8(5-22)11-12-13(20)9(19)6-24-16(12)25-14(7)11/h4,6,15H,1-3H3,(H2,23,26)(H,24,25). The number of ether oxygens (including phenoxy) is 1. The Morgan fingerprint density at radius 1 is 1.41 bits per heavy atom. The maximum Gasteiger partial charge on any atom is 0.405 e. The Hall–Kier alpha value is -2.56. The lowest BCUT2D eigenvalue weighted by Gasteiger charge is -2.30. The van der Waals surface area contributed by atoms with E-state index in [0.29, 0.717) is 22.1 Å². The van der Waals surface area contributed by atoms with E-state index >= 15 is 0 Å². The lowest BCUT2D eigenvalue weighted by Crippen LogP contribution is -2.27. The number of fused-ring (bicyclic) bond motifs is 3. The number of hydrogen-bond donors (Lipinski definition) is 2. The number of hydrogen-bond acceptors (Lipinski definition) is 4. The Morgan fingerprint density at radius 3 is 2.63 bits per heavy atom. The van der Waals surface area contributed by atoms with Crippen molar-refractivity contribution in [3.05, 3.63) is 39.3 Å². The summed E-state index contributed by atoms with van der Waals surface area (Å²) in [6, 6.07) is 3.01. The van der Waals surface area contributed by atoms with Crippen molar-refractivity contribution in [1.29, 1.82) is 5.26 Å². The molecule has 27 heavy (non-hydrogen) atoms. The summed E-state index contributed by atoms with van der Waals surface area (Å²) >= 11 is 12.4. The molecular formula is C18H15Cl2FN4O2. The fourth-order valence-corrected chi connectivity index (χ4v) is 3.48. The van der Waals surface area contributed by atoms with Crippen molar-refractivity contribution < 1.29 is 13.9 Å². The van der Waals surface area contributed by atoms with Crippen LogP contribution in [-0.4, -0.2) is 16.1 Å². The Balaban J connectivity index is 2.51. The number of H-pyrrole nitrogens is 1. The summed E-state index contributed by atoms with van der Waals surface area (Å²) in [4.78, 5) is 18.6. The number of nitrogens with two attached hydrogens (primary N) is 1. The summed E-state index contributed by atoms with van der Waals surface area (Å²) in [5.74, 6) is -0.778. The normalized spacial score (nSPS) is 12.9. The highest BCUT2D eigenvalue weighted by Gasteiger charge is 2.33. The first kappa shape index (κ1) is 19.2. The molecular weight excluding hydrogens is 394 g/mol. The lowest BCUT2D eigenvalue weighted by molar-refractivity contribution is 0.0367. The molecule has 1 amide bonds. The van der Waals surface area contributed by atoms with Crippen LogP contribution >= 0.6 is 23.2 Å². The molecule has 0 aliphatic rings. The average Bonchev–Trinajstić information content (AvgIpc) is 2.94. The number of amides is 1. The minimum absolute atomic E-state index is 0.143. The molecule has 6 nitrogen and oxygen atoms in total. The second-order valence-corrected chi connectivity index (χ2v) is 7.92. The van der Waals surface area contributed by atoms with E-state index in [1.165, 1.54) is 6.20 Å². The van der Waals surface area contributed by atoms with Crippen molar-refractivity contribution in [3.8, 4) is 6.07 Å². The quantitative estimate of drug-likeness (QED) is 0.606. The zero-order chi connectivity index (χ0) is 20.1. The number of rotatable bonds is 2. The van der Waals surface area contributed by atoms with Crippen LogP contribution in [0, 0.1) is 22.6 Å². The first-order valence-corrected chi connectivity index (χ1v) is 8.65. The van der Waals surface area contributed by atoms with Gasteiger partial charge in [-0.1, -0.05) is 44.0 Å². The lowest BCUT2D eigenvalue weighted by atomic mass is 9.83. The average molecular weight is 409 g/mol. The third-order valence-corrected chi connectivity index (χ3v) is 4.97. The van der Waals surface area contributed by atoms with Gasteiger partial charge in [0.1, 0.15) is 23.6 Å². The van der Waals surface area contributed by atoms with Gasteiger partial charge in [0.15, 0.2) is 0 Å². The Kier molecular flexibility index (Phi) is 4.66. The Bertz CT molecular complexity index is 1130. The van der Waals surface area contributed by atoms with Crippen molar-refractivity contribution in [1.82, 2.24) is 9.97 Å². The van der Waals surface area contributed by atoms with E-state index < -0.39 is 23.4 Å². The smallest absolute Gasteiger partial charge is 0.405 e. The second kappa shape index (κ2) is 6.55. The van der Waals surface area contributed by atoms with E-state index in [0.717, 1.165) is 6.07 Å². The first-order chi connectivity index (χ1) is 12.6. The molecule has 0 bridgehead atoms. The van der Waals surface area contributed by atoms with E-state index in [2.05, 4.69) is 9.97 Å². The molecule has 0 radical (unpaired) electrons. The number of carbonyl (C=O) groups is 1. The van der Waals surface area contributed by atoms with E-state index in [-0.39, 0.29) is 21.0 Å². The van der Waals surface area contributed by atoms with Crippen LogP contribution in [0.15, 0.2) is 12.3 Å². The van der Waals surface area contributed by atoms with Crippen LogP contribution in [0.4, 0.5) is 9.18 Å². The van der Waals surface area contributed by atoms with Gasteiger partial charge in [0, 0.05) is 27.9 Å². The highest BCUT2D eigenvalue weighted by molar-refractivity contribution is 6.46. The van der Waals surface area contributed by atoms with E-state index in [1.54, 1.807) is 0 Å².